The number of rotatable bonds is 5. The van der Waals surface area contributed by atoms with Gasteiger partial charge in [0.15, 0.2) is 0 Å². The first-order valence-electron chi connectivity index (χ1n) is 6.88. The van der Waals surface area contributed by atoms with Gasteiger partial charge < -0.3 is 10.3 Å². The van der Waals surface area contributed by atoms with Crippen LogP contribution in [0.15, 0.2) is 22.7 Å². The van der Waals surface area contributed by atoms with Gasteiger partial charge in [-0.05, 0) is 34.5 Å². The summed E-state index contributed by atoms with van der Waals surface area (Å²) >= 11 is 3.16. The number of nitrogens with two attached hydrogens (primary N) is 1. The van der Waals surface area contributed by atoms with Crippen LogP contribution in [0, 0.1) is 5.82 Å². The molecule has 0 saturated heterocycles. The third-order valence-electron chi connectivity index (χ3n) is 3.33. The zero-order valence-electron chi connectivity index (χ0n) is 11.8. The minimum Gasteiger partial charge on any atom is -0.383 e. The monoisotopic (exact) mass is 339 g/mol. The number of hydrogen-bond acceptors (Lipinski definition) is 2. The number of anilines is 1. The van der Waals surface area contributed by atoms with Gasteiger partial charge in [-0.3, -0.25) is 0 Å². The fourth-order valence-corrected chi connectivity index (χ4v) is 2.45. The van der Waals surface area contributed by atoms with Gasteiger partial charge in [0.05, 0.1) is 4.47 Å². The molecule has 0 aliphatic rings. The molecule has 5 heteroatoms. The van der Waals surface area contributed by atoms with Crippen molar-refractivity contribution < 1.29 is 4.39 Å². The molecular weight excluding hydrogens is 321 g/mol. The second-order valence-corrected chi connectivity index (χ2v) is 5.60. The van der Waals surface area contributed by atoms with Crippen molar-refractivity contribution in [1.29, 1.82) is 0 Å². The van der Waals surface area contributed by atoms with Crippen molar-refractivity contribution in [3.05, 3.63) is 34.3 Å². The summed E-state index contributed by atoms with van der Waals surface area (Å²) in [6.07, 6.45) is 2.97. The molecule has 0 spiro atoms. The van der Waals surface area contributed by atoms with E-state index in [4.69, 9.17) is 5.73 Å². The highest BCUT2D eigenvalue weighted by Gasteiger charge is 2.15. The highest BCUT2D eigenvalue weighted by atomic mass is 79.9. The van der Waals surface area contributed by atoms with E-state index in [-0.39, 0.29) is 5.82 Å². The summed E-state index contributed by atoms with van der Waals surface area (Å²) < 4.78 is 16.2. The molecule has 1 aromatic heterocycles. The van der Waals surface area contributed by atoms with Crippen LogP contribution in [0.3, 0.4) is 0 Å². The van der Waals surface area contributed by atoms with Crippen LogP contribution >= 0.6 is 15.9 Å². The van der Waals surface area contributed by atoms with Gasteiger partial charge in [-0.1, -0.05) is 26.3 Å². The van der Waals surface area contributed by atoms with Crippen LogP contribution in [-0.2, 0) is 13.0 Å². The molecule has 0 radical (unpaired) electrons. The van der Waals surface area contributed by atoms with Gasteiger partial charge in [0.25, 0.3) is 0 Å². The standard InChI is InChI=1S/C15H19BrFN3/c1-3-5-8-20-13(4-2)19-14(15(20)18)10-6-7-11(16)12(17)9-10/h6-7,9H,3-5,8,18H2,1-2H3. The van der Waals surface area contributed by atoms with Gasteiger partial charge in [0, 0.05) is 18.5 Å². The van der Waals surface area contributed by atoms with Gasteiger partial charge in [0.2, 0.25) is 0 Å². The van der Waals surface area contributed by atoms with Crippen molar-refractivity contribution in [3.8, 4) is 11.3 Å². The fourth-order valence-electron chi connectivity index (χ4n) is 2.21. The van der Waals surface area contributed by atoms with E-state index < -0.39 is 0 Å². The van der Waals surface area contributed by atoms with Crippen molar-refractivity contribution >= 4 is 21.7 Å². The van der Waals surface area contributed by atoms with E-state index in [0.717, 1.165) is 31.6 Å². The normalized spacial score (nSPS) is 11.0. The Hall–Kier alpha value is -1.36. The Morgan fingerprint density at radius 2 is 2.10 bits per heavy atom. The Morgan fingerprint density at radius 3 is 2.70 bits per heavy atom. The summed E-state index contributed by atoms with van der Waals surface area (Å²) in [6, 6.07) is 4.97. The summed E-state index contributed by atoms with van der Waals surface area (Å²) in [6.45, 7) is 5.05. The average Bonchev–Trinajstić information content (AvgIpc) is 2.76. The zero-order chi connectivity index (χ0) is 14.7. The maximum Gasteiger partial charge on any atom is 0.138 e. The molecule has 1 heterocycles. The number of nitrogen functional groups attached to an aromatic ring is 1. The van der Waals surface area contributed by atoms with Gasteiger partial charge >= 0.3 is 0 Å². The first kappa shape index (κ1) is 15.0. The minimum absolute atomic E-state index is 0.303. The van der Waals surface area contributed by atoms with E-state index in [1.807, 2.05) is 10.6 Å². The van der Waals surface area contributed by atoms with E-state index in [1.54, 1.807) is 6.07 Å². The Morgan fingerprint density at radius 1 is 1.35 bits per heavy atom. The van der Waals surface area contributed by atoms with Gasteiger partial charge in [-0.2, -0.15) is 0 Å². The van der Waals surface area contributed by atoms with Crippen LogP contribution in [0.1, 0.15) is 32.5 Å². The molecule has 0 saturated carbocycles. The maximum atomic E-state index is 13.7. The molecule has 0 amide bonds. The first-order valence-corrected chi connectivity index (χ1v) is 7.68. The van der Waals surface area contributed by atoms with Crippen LogP contribution in [0.2, 0.25) is 0 Å². The lowest BCUT2D eigenvalue weighted by Crippen LogP contribution is -2.06. The number of aryl methyl sites for hydroxylation is 1. The number of benzene rings is 1. The molecule has 108 valence electrons. The van der Waals surface area contributed by atoms with Crippen molar-refractivity contribution in [1.82, 2.24) is 9.55 Å². The lowest BCUT2D eigenvalue weighted by atomic mass is 10.1. The molecule has 0 fully saturated rings. The van der Waals surface area contributed by atoms with E-state index >= 15 is 0 Å². The molecule has 0 aliphatic heterocycles. The number of nitrogens with zero attached hydrogens (tertiary/aromatic N) is 2. The van der Waals surface area contributed by atoms with Crippen LogP contribution in [0.4, 0.5) is 10.2 Å². The second-order valence-electron chi connectivity index (χ2n) is 4.75. The first-order chi connectivity index (χ1) is 9.58. The summed E-state index contributed by atoms with van der Waals surface area (Å²) in [5, 5.41) is 0. The highest BCUT2D eigenvalue weighted by Crippen LogP contribution is 2.29. The summed E-state index contributed by atoms with van der Waals surface area (Å²) in [4.78, 5) is 4.58. The predicted molar refractivity (Wildman–Crippen MR) is 84.0 cm³/mol. The smallest absolute Gasteiger partial charge is 0.138 e. The number of aromatic nitrogens is 2. The predicted octanol–water partition coefficient (Wildman–Crippen LogP) is 4.40. The molecule has 2 aromatic rings. The molecule has 1 aromatic carbocycles. The van der Waals surface area contributed by atoms with Gasteiger partial charge in [0.1, 0.15) is 23.2 Å². The molecule has 3 nitrogen and oxygen atoms in total. The van der Waals surface area contributed by atoms with Crippen molar-refractivity contribution in [3.63, 3.8) is 0 Å². The molecule has 0 unspecified atom stereocenters. The third-order valence-corrected chi connectivity index (χ3v) is 3.97. The number of imidazole rings is 1. The molecule has 20 heavy (non-hydrogen) atoms. The number of halogens is 2. The topological polar surface area (TPSA) is 43.8 Å². The lowest BCUT2D eigenvalue weighted by molar-refractivity contribution is 0.612. The van der Waals surface area contributed by atoms with Crippen molar-refractivity contribution in [2.75, 3.05) is 5.73 Å². The summed E-state index contributed by atoms with van der Waals surface area (Å²) in [5.74, 6) is 1.27. The van der Waals surface area contributed by atoms with Crippen molar-refractivity contribution in [2.45, 2.75) is 39.7 Å². The average molecular weight is 340 g/mol. The summed E-state index contributed by atoms with van der Waals surface area (Å²) in [5.41, 5.74) is 7.59. The number of unbranched alkanes of at least 4 members (excludes halogenated alkanes) is 1. The molecule has 0 atom stereocenters. The van der Waals surface area contributed by atoms with Crippen LogP contribution < -0.4 is 5.73 Å². The van der Waals surface area contributed by atoms with Crippen LogP contribution in [0.5, 0.6) is 0 Å². The molecule has 0 bridgehead atoms. The largest absolute Gasteiger partial charge is 0.383 e. The summed E-state index contributed by atoms with van der Waals surface area (Å²) in [7, 11) is 0. The van der Waals surface area contributed by atoms with Gasteiger partial charge in [-0.15, -0.1) is 0 Å². The Labute approximate surface area is 127 Å². The Kier molecular flexibility index (Phi) is 4.81. The fraction of sp³-hybridized carbons (Fsp3) is 0.400. The number of hydrogen-bond donors (Lipinski definition) is 1. The second kappa shape index (κ2) is 6.39. The van der Waals surface area contributed by atoms with Crippen LogP contribution in [0.25, 0.3) is 11.3 Å². The van der Waals surface area contributed by atoms with E-state index in [0.29, 0.717) is 21.5 Å². The zero-order valence-corrected chi connectivity index (χ0v) is 13.4. The van der Waals surface area contributed by atoms with Crippen molar-refractivity contribution in [2.24, 2.45) is 0 Å². The molecular formula is C15H19BrFN3. The van der Waals surface area contributed by atoms with Gasteiger partial charge in [-0.25, -0.2) is 9.37 Å². The van der Waals surface area contributed by atoms with E-state index in [9.17, 15) is 4.39 Å². The SMILES string of the molecule is CCCCn1c(CC)nc(-c2ccc(Br)c(F)c2)c1N. The van der Waals surface area contributed by atoms with E-state index in [2.05, 4.69) is 34.8 Å². The van der Waals surface area contributed by atoms with E-state index in [1.165, 1.54) is 6.07 Å². The molecule has 2 N–H and O–H groups in total. The molecule has 2 rings (SSSR count). The lowest BCUT2D eigenvalue weighted by Gasteiger charge is -2.07. The maximum absolute atomic E-state index is 13.7. The minimum atomic E-state index is -0.303. The molecule has 0 aliphatic carbocycles. The third kappa shape index (κ3) is 2.87. The highest BCUT2D eigenvalue weighted by molar-refractivity contribution is 9.10. The Balaban J connectivity index is 2.46. The van der Waals surface area contributed by atoms with Crippen LogP contribution in [-0.4, -0.2) is 9.55 Å². The Bertz CT molecular complexity index is 607. The quantitative estimate of drug-likeness (QED) is 0.877.